The van der Waals surface area contributed by atoms with E-state index in [1.165, 1.54) is 56.4 Å². The summed E-state index contributed by atoms with van der Waals surface area (Å²) in [5, 5.41) is 1.20. The Morgan fingerprint density at radius 1 is 1.33 bits per heavy atom. The van der Waals surface area contributed by atoms with Crippen molar-refractivity contribution in [2.24, 2.45) is 0 Å². The lowest BCUT2D eigenvalue weighted by molar-refractivity contribution is 0.250. The molecule has 0 atom stereocenters. The Hall–Kier alpha value is -1.90. The lowest BCUT2D eigenvalue weighted by Gasteiger charge is -2.21. The molecule has 1 aromatic rings. The summed E-state index contributed by atoms with van der Waals surface area (Å²) >= 11 is 7.39. The molecule has 1 fully saturated rings. The van der Waals surface area contributed by atoms with Crippen molar-refractivity contribution in [1.82, 2.24) is 4.57 Å². The minimum Gasteiger partial charge on any atom is -0.494 e. The number of hydrogen-bond donors (Lipinski definition) is 0. The predicted octanol–water partition coefficient (Wildman–Crippen LogP) is 6.50. The van der Waals surface area contributed by atoms with E-state index in [-0.39, 0.29) is 0 Å². The molecule has 1 aliphatic carbocycles. The Balaban J connectivity index is 2.19. The second-order valence-corrected chi connectivity index (χ2v) is 9.10. The molecule has 30 heavy (non-hydrogen) atoms. The quantitative estimate of drug-likeness (QED) is 0.196. The van der Waals surface area contributed by atoms with Crippen LogP contribution in [0, 0.1) is 16.3 Å². The van der Waals surface area contributed by atoms with Gasteiger partial charge in [0.2, 0.25) is 0 Å². The molecular formula is C25H32FNOS2. The van der Waals surface area contributed by atoms with E-state index >= 15 is 0 Å². The van der Waals surface area contributed by atoms with Crippen molar-refractivity contribution in [3.8, 4) is 12.3 Å². The number of ether oxygens (including phenoxy) is 1. The molecule has 1 aromatic heterocycles. The first-order valence-corrected chi connectivity index (χ1v) is 11.9. The molecule has 1 aliphatic rings. The van der Waals surface area contributed by atoms with E-state index < -0.39 is 5.83 Å². The molecular weight excluding hydrogens is 413 g/mol. The molecule has 1 heterocycles. The number of hydrogen-bond acceptors (Lipinski definition) is 3. The van der Waals surface area contributed by atoms with Gasteiger partial charge in [-0.2, -0.15) is 0 Å². The first kappa shape index (κ1) is 24.4. The molecule has 1 saturated carbocycles. The van der Waals surface area contributed by atoms with E-state index in [0.717, 1.165) is 14.2 Å². The van der Waals surface area contributed by atoms with Crippen LogP contribution >= 0.6 is 23.6 Å². The normalized spacial score (nSPS) is 17.7. The molecule has 0 spiro atoms. The van der Waals surface area contributed by atoms with Gasteiger partial charge in [0.25, 0.3) is 0 Å². The highest BCUT2D eigenvalue weighted by atomic mass is 32.1. The molecule has 0 amide bonds. The van der Waals surface area contributed by atoms with Crippen LogP contribution in [0.3, 0.4) is 0 Å². The molecule has 5 heteroatoms. The van der Waals surface area contributed by atoms with Crippen molar-refractivity contribution in [2.45, 2.75) is 70.8 Å². The number of terminal acetylenes is 1. The Kier molecular flexibility index (Phi) is 10.9. The number of halogens is 1. The van der Waals surface area contributed by atoms with Crippen LogP contribution < -0.4 is 9.88 Å². The highest BCUT2D eigenvalue weighted by Crippen LogP contribution is 2.26. The monoisotopic (exact) mass is 445 g/mol. The minimum atomic E-state index is -0.476. The second-order valence-electron chi connectivity index (χ2n) is 7.42. The van der Waals surface area contributed by atoms with Gasteiger partial charge in [-0.25, -0.2) is 4.39 Å². The highest BCUT2D eigenvalue weighted by molar-refractivity contribution is 7.73. The zero-order valence-corrected chi connectivity index (χ0v) is 19.5. The molecule has 2 nitrogen and oxygen atoms in total. The molecule has 162 valence electrons. The van der Waals surface area contributed by atoms with Crippen LogP contribution in [-0.2, 0) is 4.74 Å². The predicted molar refractivity (Wildman–Crippen MR) is 130 cm³/mol. The van der Waals surface area contributed by atoms with Crippen molar-refractivity contribution in [3.05, 3.63) is 50.2 Å². The number of rotatable bonds is 8. The van der Waals surface area contributed by atoms with Gasteiger partial charge in [-0.05, 0) is 50.2 Å². The number of allylic oxidation sites excluding steroid dienone is 4. The summed E-state index contributed by atoms with van der Waals surface area (Å²) in [6.07, 6.45) is 24.4. The fraction of sp³-hybridized carbons (Fsp3) is 0.480. The molecule has 2 rings (SSSR count). The van der Waals surface area contributed by atoms with Crippen LogP contribution in [-0.4, -0.2) is 11.2 Å². The SMILES string of the molecule is C#CC/C=C(/C/C=C\C(=C)F)OC/C=c1\sc(=S)n(C2CCCCCCC2)c1=CC. The van der Waals surface area contributed by atoms with Gasteiger partial charge in [-0.3, -0.25) is 0 Å². The average molecular weight is 446 g/mol. The lowest BCUT2D eigenvalue weighted by Crippen LogP contribution is -2.31. The molecule has 0 aliphatic heterocycles. The van der Waals surface area contributed by atoms with E-state index in [9.17, 15) is 4.39 Å². The maximum atomic E-state index is 12.8. The van der Waals surface area contributed by atoms with Crippen molar-refractivity contribution in [1.29, 1.82) is 0 Å². The van der Waals surface area contributed by atoms with Gasteiger partial charge < -0.3 is 9.30 Å². The fourth-order valence-electron chi connectivity index (χ4n) is 3.78. The minimum absolute atomic E-state index is 0.418. The van der Waals surface area contributed by atoms with E-state index in [1.54, 1.807) is 17.4 Å². The zero-order chi connectivity index (χ0) is 21.8. The summed E-state index contributed by atoms with van der Waals surface area (Å²) in [4.78, 5) is 0. The fourth-order valence-corrected chi connectivity index (χ4v) is 5.30. The Morgan fingerprint density at radius 2 is 2.03 bits per heavy atom. The lowest BCUT2D eigenvalue weighted by atomic mass is 9.96. The van der Waals surface area contributed by atoms with Crippen molar-refractivity contribution in [2.75, 3.05) is 6.61 Å². The molecule has 0 radical (unpaired) electrons. The van der Waals surface area contributed by atoms with Crippen molar-refractivity contribution < 1.29 is 9.13 Å². The van der Waals surface area contributed by atoms with E-state index in [4.69, 9.17) is 23.4 Å². The van der Waals surface area contributed by atoms with Gasteiger partial charge in [0.15, 0.2) is 3.95 Å². The first-order valence-electron chi connectivity index (χ1n) is 10.7. The summed E-state index contributed by atoms with van der Waals surface area (Å²) in [6.45, 7) is 5.72. The average Bonchev–Trinajstić information content (AvgIpc) is 3.00. The van der Waals surface area contributed by atoms with Crippen LogP contribution in [0.2, 0.25) is 0 Å². The van der Waals surface area contributed by atoms with Crippen LogP contribution in [0.15, 0.2) is 36.4 Å². The third-order valence-electron chi connectivity index (χ3n) is 5.22. The van der Waals surface area contributed by atoms with E-state index in [2.05, 4.69) is 36.1 Å². The van der Waals surface area contributed by atoms with Crippen molar-refractivity contribution >= 4 is 35.7 Å². The van der Waals surface area contributed by atoms with Gasteiger partial charge in [0.05, 0.1) is 15.6 Å². The molecule has 0 unspecified atom stereocenters. The van der Waals surface area contributed by atoms with Gasteiger partial charge >= 0.3 is 0 Å². The number of thiazole rings is 1. The van der Waals surface area contributed by atoms with Gasteiger partial charge in [0, 0.05) is 18.9 Å². The highest BCUT2D eigenvalue weighted by Gasteiger charge is 2.15. The summed E-state index contributed by atoms with van der Waals surface area (Å²) in [5.41, 5.74) is 0. The Morgan fingerprint density at radius 3 is 2.67 bits per heavy atom. The third-order valence-corrected chi connectivity index (χ3v) is 6.64. The smallest absolute Gasteiger partial charge is 0.162 e. The Bertz CT molecular complexity index is 966. The number of nitrogens with zero attached hydrogens (tertiary/aromatic N) is 1. The summed E-state index contributed by atoms with van der Waals surface area (Å²) in [6, 6.07) is 0.494. The summed E-state index contributed by atoms with van der Waals surface area (Å²) < 4.78 is 23.2. The van der Waals surface area contributed by atoms with Gasteiger partial charge in [-0.15, -0.1) is 23.7 Å². The molecule has 0 aromatic carbocycles. The van der Waals surface area contributed by atoms with E-state index in [0.29, 0.717) is 25.5 Å². The molecule has 0 bridgehead atoms. The van der Waals surface area contributed by atoms with Crippen LogP contribution in [0.5, 0.6) is 0 Å². The summed E-state index contributed by atoms with van der Waals surface area (Å²) in [5.74, 6) is 2.83. The largest absolute Gasteiger partial charge is 0.494 e. The number of aromatic nitrogens is 1. The first-order chi connectivity index (χ1) is 14.6. The third kappa shape index (κ3) is 7.74. The van der Waals surface area contributed by atoms with Gasteiger partial charge in [-0.1, -0.05) is 50.8 Å². The standard InChI is InChI=1S/C25H32FNOS2/c1-4-6-16-22(17-12-13-20(3)26)28-19-18-24-23(5-2)27(25(29)30-24)21-14-10-8-7-9-11-15-21/h1,5,12-13,16,18,21H,3,6-11,14-15,17,19H2,2H3/b13-12-,22-16-,23-5?,24-18-. The zero-order valence-electron chi connectivity index (χ0n) is 17.9. The van der Waals surface area contributed by atoms with Crippen LogP contribution in [0.1, 0.15) is 70.8 Å². The second kappa shape index (κ2) is 13.4. The maximum absolute atomic E-state index is 12.8. The molecule has 0 saturated heterocycles. The topological polar surface area (TPSA) is 14.2 Å². The van der Waals surface area contributed by atoms with E-state index in [1.807, 2.05) is 6.08 Å². The summed E-state index contributed by atoms with van der Waals surface area (Å²) in [7, 11) is 0. The Labute approximate surface area is 189 Å². The van der Waals surface area contributed by atoms with Crippen LogP contribution in [0.25, 0.3) is 12.2 Å². The van der Waals surface area contributed by atoms with Gasteiger partial charge in [0.1, 0.15) is 12.4 Å². The van der Waals surface area contributed by atoms with Crippen molar-refractivity contribution in [3.63, 3.8) is 0 Å². The van der Waals surface area contributed by atoms with Crippen LogP contribution in [0.4, 0.5) is 4.39 Å². The maximum Gasteiger partial charge on any atom is 0.162 e. The molecule has 0 N–H and O–H groups in total.